The van der Waals surface area contributed by atoms with E-state index < -0.39 is 0 Å². The van der Waals surface area contributed by atoms with Gasteiger partial charge in [-0.3, -0.25) is 19.3 Å². The number of nitrogens with zero attached hydrogens (tertiary/aromatic N) is 2. The number of likely N-dealkylation sites (tertiary alicyclic amines) is 1. The maximum absolute atomic E-state index is 12.4. The fourth-order valence-electron chi connectivity index (χ4n) is 3.38. The molecule has 0 unspecified atom stereocenters. The second-order valence-corrected chi connectivity index (χ2v) is 7.28. The summed E-state index contributed by atoms with van der Waals surface area (Å²) in [5.74, 6) is 0.327. The highest BCUT2D eigenvalue weighted by Gasteiger charge is 2.37. The van der Waals surface area contributed by atoms with Gasteiger partial charge in [-0.05, 0) is 37.3 Å². The lowest BCUT2D eigenvalue weighted by Gasteiger charge is -2.35. The largest absolute Gasteiger partial charge is 0.343 e. The maximum atomic E-state index is 12.4. The van der Waals surface area contributed by atoms with Gasteiger partial charge in [0.2, 0.25) is 11.8 Å². The minimum atomic E-state index is -0.135. The molecule has 6 heteroatoms. The van der Waals surface area contributed by atoms with Crippen molar-refractivity contribution in [3.05, 3.63) is 35.4 Å². The van der Waals surface area contributed by atoms with Crippen molar-refractivity contribution in [3.8, 4) is 0 Å². The molecular formula is C18H22N2O3S. The number of carbonyl (C=O) groups excluding carboxylic acids is 3. The van der Waals surface area contributed by atoms with E-state index in [4.69, 9.17) is 0 Å². The van der Waals surface area contributed by atoms with Crippen LogP contribution >= 0.6 is 11.8 Å². The third-order valence-corrected chi connectivity index (χ3v) is 5.67. The van der Waals surface area contributed by atoms with Crippen LogP contribution in [-0.2, 0) is 16.0 Å². The van der Waals surface area contributed by atoms with E-state index in [1.165, 1.54) is 16.0 Å². The van der Waals surface area contributed by atoms with E-state index in [2.05, 4.69) is 19.1 Å². The van der Waals surface area contributed by atoms with Gasteiger partial charge in [0, 0.05) is 25.6 Å². The second-order valence-electron chi connectivity index (χ2n) is 6.36. The summed E-state index contributed by atoms with van der Waals surface area (Å²) in [5, 5.41) is -0.135. The molecule has 24 heavy (non-hydrogen) atoms. The lowest BCUT2D eigenvalue weighted by Crippen LogP contribution is -2.48. The molecule has 2 heterocycles. The van der Waals surface area contributed by atoms with E-state index in [1.807, 2.05) is 17.0 Å². The molecule has 0 spiro atoms. The first-order valence-electron chi connectivity index (χ1n) is 8.37. The Labute approximate surface area is 146 Å². The van der Waals surface area contributed by atoms with Crippen LogP contribution in [0.4, 0.5) is 4.79 Å². The van der Waals surface area contributed by atoms with Gasteiger partial charge >= 0.3 is 0 Å². The van der Waals surface area contributed by atoms with E-state index in [0.717, 1.165) is 18.2 Å². The third-order valence-electron chi connectivity index (χ3n) is 4.84. The van der Waals surface area contributed by atoms with Crippen molar-refractivity contribution >= 4 is 28.8 Å². The predicted octanol–water partition coefficient (Wildman–Crippen LogP) is 2.61. The fourth-order valence-corrected chi connectivity index (χ4v) is 4.16. The smallest absolute Gasteiger partial charge is 0.289 e. The van der Waals surface area contributed by atoms with Crippen molar-refractivity contribution in [1.29, 1.82) is 0 Å². The number of imide groups is 1. The standard InChI is InChI=1S/C18H22N2O3S/c1-13-4-2-3-5-14(13)6-7-16(21)19-10-8-15(9-11-19)20-17(22)12-24-18(20)23/h2-5,15H,6-12H2,1H3. The molecule has 128 valence electrons. The lowest BCUT2D eigenvalue weighted by atomic mass is 10.0. The number of hydrogen-bond donors (Lipinski definition) is 0. The van der Waals surface area contributed by atoms with E-state index in [9.17, 15) is 14.4 Å². The van der Waals surface area contributed by atoms with Crippen LogP contribution in [-0.4, -0.2) is 51.7 Å². The topological polar surface area (TPSA) is 57.7 Å². The quantitative estimate of drug-likeness (QED) is 0.841. The molecule has 0 atom stereocenters. The third kappa shape index (κ3) is 3.64. The summed E-state index contributed by atoms with van der Waals surface area (Å²) in [6, 6.07) is 8.09. The van der Waals surface area contributed by atoms with Gasteiger partial charge in [0.15, 0.2) is 0 Å². The van der Waals surface area contributed by atoms with Crippen LogP contribution in [0.2, 0.25) is 0 Å². The summed E-state index contributed by atoms with van der Waals surface area (Å²) >= 11 is 1.08. The summed E-state index contributed by atoms with van der Waals surface area (Å²) in [6.45, 7) is 3.31. The molecule has 5 nitrogen and oxygen atoms in total. The molecule has 1 aromatic carbocycles. The number of thioether (sulfide) groups is 1. The van der Waals surface area contributed by atoms with Crippen molar-refractivity contribution in [2.24, 2.45) is 0 Å². The monoisotopic (exact) mass is 346 g/mol. The van der Waals surface area contributed by atoms with Crippen molar-refractivity contribution in [2.45, 2.75) is 38.6 Å². The molecular weight excluding hydrogens is 324 g/mol. The lowest BCUT2D eigenvalue weighted by molar-refractivity contribution is -0.133. The van der Waals surface area contributed by atoms with Gasteiger partial charge in [0.25, 0.3) is 5.24 Å². The molecule has 0 bridgehead atoms. The highest BCUT2D eigenvalue weighted by Crippen LogP contribution is 2.27. The van der Waals surface area contributed by atoms with Crippen LogP contribution in [0.15, 0.2) is 24.3 Å². The summed E-state index contributed by atoms with van der Waals surface area (Å²) in [4.78, 5) is 39.3. The van der Waals surface area contributed by atoms with Crippen LogP contribution in [0.1, 0.15) is 30.4 Å². The molecule has 3 rings (SSSR count). The van der Waals surface area contributed by atoms with E-state index in [0.29, 0.717) is 32.4 Å². The Morgan fingerprint density at radius 1 is 1.21 bits per heavy atom. The SMILES string of the molecule is Cc1ccccc1CCC(=O)N1CCC(N2C(=O)CSC2=O)CC1. The normalized spacial score (nSPS) is 19.2. The Balaban J connectivity index is 1.49. The predicted molar refractivity (Wildman–Crippen MR) is 93.8 cm³/mol. The number of rotatable bonds is 4. The zero-order valence-electron chi connectivity index (χ0n) is 13.9. The van der Waals surface area contributed by atoms with Gasteiger partial charge in [0.1, 0.15) is 0 Å². The number of aryl methyl sites for hydroxylation is 2. The zero-order chi connectivity index (χ0) is 17.1. The fraction of sp³-hybridized carbons (Fsp3) is 0.500. The molecule has 2 saturated heterocycles. The second kappa shape index (κ2) is 7.38. The van der Waals surface area contributed by atoms with E-state index in [1.54, 1.807) is 0 Å². The molecule has 0 saturated carbocycles. The Hall–Kier alpha value is -1.82. The van der Waals surface area contributed by atoms with E-state index >= 15 is 0 Å². The Kier molecular flexibility index (Phi) is 5.23. The molecule has 2 aliphatic heterocycles. The number of amides is 3. The minimum Gasteiger partial charge on any atom is -0.343 e. The van der Waals surface area contributed by atoms with Crippen LogP contribution in [0.5, 0.6) is 0 Å². The van der Waals surface area contributed by atoms with Gasteiger partial charge in [0.05, 0.1) is 5.75 Å². The van der Waals surface area contributed by atoms with Gasteiger partial charge in [-0.1, -0.05) is 36.0 Å². The molecule has 3 amide bonds. The number of piperidine rings is 1. The van der Waals surface area contributed by atoms with Gasteiger partial charge in [-0.2, -0.15) is 0 Å². The van der Waals surface area contributed by atoms with Crippen LogP contribution in [0, 0.1) is 6.92 Å². The zero-order valence-corrected chi connectivity index (χ0v) is 14.7. The van der Waals surface area contributed by atoms with E-state index in [-0.39, 0.29) is 28.8 Å². The van der Waals surface area contributed by atoms with Crippen LogP contribution < -0.4 is 0 Å². The van der Waals surface area contributed by atoms with Crippen molar-refractivity contribution in [2.75, 3.05) is 18.8 Å². The highest BCUT2D eigenvalue weighted by molar-refractivity contribution is 8.14. The number of hydrogen-bond acceptors (Lipinski definition) is 4. The molecule has 0 aromatic heterocycles. The molecule has 0 aliphatic carbocycles. The number of carbonyl (C=O) groups is 3. The van der Waals surface area contributed by atoms with Crippen molar-refractivity contribution in [1.82, 2.24) is 9.80 Å². The molecule has 1 aromatic rings. The molecule has 2 fully saturated rings. The van der Waals surface area contributed by atoms with Crippen LogP contribution in [0.25, 0.3) is 0 Å². The summed E-state index contributed by atoms with van der Waals surface area (Å²) in [5.41, 5.74) is 2.43. The minimum absolute atomic E-state index is 0.0413. The van der Waals surface area contributed by atoms with Crippen molar-refractivity contribution < 1.29 is 14.4 Å². The first kappa shape index (κ1) is 17.0. The van der Waals surface area contributed by atoms with Crippen LogP contribution in [0.3, 0.4) is 0 Å². The van der Waals surface area contributed by atoms with Gasteiger partial charge < -0.3 is 4.90 Å². The summed E-state index contributed by atoms with van der Waals surface area (Å²) < 4.78 is 0. The molecule has 0 radical (unpaired) electrons. The van der Waals surface area contributed by atoms with Gasteiger partial charge in [-0.15, -0.1) is 0 Å². The molecule has 2 aliphatic rings. The first-order valence-corrected chi connectivity index (χ1v) is 9.36. The average Bonchev–Trinajstić information content (AvgIpc) is 2.93. The summed E-state index contributed by atoms with van der Waals surface area (Å²) in [7, 11) is 0. The van der Waals surface area contributed by atoms with Gasteiger partial charge in [-0.25, -0.2) is 0 Å². The number of benzene rings is 1. The Morgan fingerprint density at radius 3 is 2.54 bits per heavy atom. The van der Waals surface area contributed by atoms with Crippen molar-refractivity contribution in [3.63, 3.8) is 0 Å². The highest BCUT2D eigenvalue weighted by atomic mass is 32.2. The Bertz CT molecular complexity index is 637. The average molecular weight is 346 g/mol. The maximum Gasteiger partial charge on any atom is 0.289 e. The molecule has 0 N–H and O–H groups in total. The first-order chi connectivity index (χ1) is 11.6. The Morgan fingerprint density at radius 2 is 1.92 bits per heavy atom. The summed E-state index contributed by atoms with van der Waals surface area (Å²) in [6.07, 6.45) is 2.64.